The molecule has 17 heavy (non-hydrogen) atoms. The normalized spacial score (nSPS) is 10.6. The number of rotatable bonds is 2. The molecule has 0 saturated heterocycles. The van der Waals surface area contributed by atoms with E-state index in [1.807, 2.05) is 0 Å². The summed E-state index contributed by atoms with van der Waals surface area (Å²) in [5.74, 6) is -2.01. The average molecular weight is 237 g/mol. The average Bonchev–Trinajstić information content (AvgIpc) is 2.28. The third-order valence-electron chi connectivity index (χ3n) is 2.44. The van der Waals surface area contributed by atoms with E-state index >= 15 is 0 Å². The summed E-state index contributed by atoms with van der Waals surface area (Å²) in [5, 5.41) is 0. The van der Waals surface area contributed by atoms with Gasteiger partial charge in [-0.05, 0) is 35.4 Å². The Morgan fingerprint density at radius 2 is 1.53 bits per heavy atom. The van der Waals surface area contributed by atoms with Crippen molar-refractivity contribution in [2.24, 2.45) is 5.73 Å². The maximum Gasteiger partial charge on any atom is 0.131 e. The van der Waals surface area contributed by atoms with Crippen LogP contribution in [0, 0.1) is 17.5 Å². The second-order valence-corrected chi connectivity index (χ2v) is 3.68. The van der Waals surface area contributed by atoms with Crippen LogP contribution < -0.4 is 5.73 Å². The summed E-state index contributed by atoms with van der Waals surface area (Å²) >= 11 is 0. The number of hydrogen-bond acceptors (Lipinski definition) is 1. The van der Waals surface area contributed by atoms with Crippen molar-refractivity contribution in [3.05, 3.63) is 59.4 Å². The Balaban J connectivity index is 2.58. The van der Waals surface area contributed by atoms with Crippen LogP contribution in [-0.2, 0) is 6.54 Å². The zero-order valence-electron chi connectivity index (χ0n) is 8.88. The van der Waals surface area contributed by atoms with Crippen LogP contribution in [0.5, 0.6) is 0 Å². The monoisotopic (exact) mass is 237 g/mol. The predicted octanol–water partition coefficient (Wildman–Crippen LogP) is 3.23. The van der Waals surface area contributed by atoms with Gasteiger partial charge in [-0.2, -0.15) is 0 Å². The van der Waals surface area contributed by atoms with Crippen molar-refractivity contribution in [1.29, 1.82) is 0 Å². The molecule has 0 unspecified atom stereocenters. The second kappa shape index (κ2) is 4.59. The quantitative estimate of drug-likeness (QED) is 0.852. The van der Waals surface area contributed by atoms with Crippen LogP contribution in [0.2, 0.25) is 0 Å². The van der Waals surface area contributed by atoms with E-state index < -0.39 is 17.5 Å². The molecular formula is C13H10F3N. The van der Waals surface area contributed by atoms with Gasteiger partial charge in [0, 0.05) is 18.2 Å². The molecular weight excluding hydrogens is 227 g/mol. The van der Waals surface area contributed by atoms with Crippen LogP contribution in [0.4, 0.5) is 13.2 Å². The summed E-state index contributed by atoms with van der Waals surface area (Å²) in [6, 6.07) is 7.18. The Morgan fingerprint density at radius 3 is 2.12 bits per heavy atom. The van der Waals surface area contributed by atoms with Crippen molar-refractivity contribution < 1.29 is 13.2 Å². The minimum Gasteiger partial charge on any atom is -0.326 e. The highest BCUT2D eigenvalue weighted by molar-refractivity contribution is 5.65. The fourth-order valence-corrected chi connectivity index (χ4v) is 1.63. The molecule has 0 spiro atoms. The molecule has 4 heteroatoms. The molecule has 0 saturated carbocycles. The van der Waals surface area contributed by atoms with Gasteiger partial charge >= 0.3 is 0 Å². The predicted molar refractivity (Wildman–Crippen MR) is 59.6 cm³/mol. The van der Waals surface area contributed by atoms with Gasteiger partial charge in [0.15, 0.2) is 0 Å². The van der Waals surface area contributed by atoms with Crippen LogP contribution in [0.15, 0.2) is 36.4 Å². The molecule has 2 aromatic rings. The lowest BCUT2D eigenvalue weighted by Gasteiger charge is -2.06. The van der Waals surface area contributed by atoms with E-state index in [1.54, 1.807) is 0 Å². The largest absolute Gasteiger partial charge is 0.326 e. The van der Waals surface area contributed by atoms with Crippen molar-refractivity contribution in [3.63, 3.8) is 0 Å². The van der Waals surface area contributed by atoms with Crippen molar-refractivity contribution in [2.75, 3.05) is 0 Å². The fraction of sp³-hybridized carbons (Fsp3) is 0.0769. The van der Waals surface area contributed by atoms with E-state index in [1.165, 1.54) is 18.2 Å². The maximum atomic E-state index is 13.6. The third kappa shape index (κ3) is 2.47. The van der Waals surface area contributed by atoms with Gasteiger partial charge in [0.2, 0.25) is 0 Å². The molecule has 1 nitrogen and oxygen atoms in total. The topological polar surface area (TPSA) is 26.0 Å². The SMILES string of the molecule is NCc1ccc(F)c(-c2cc(F)cc(F)c2)c1. The number of nitrogens with two attached hydrogens (primary N) is 1. The molecule has 0 radical (unpaired) electrons. The highest BCUT2D eigenvalue weighted by Gasteiger charge is 2.08. The van der Waals surface area contributed by atoms with Crippen molar-refractivity contribution in [1.82, 2.24) is 0 Å². The summed E-state index contributed by atoms with van der Waals surface area (Å²) in [5.41, 5.74) is 6.44. The Morgan fingerprint density at radius 1 is 0.882 bits per heavy atom. The van der Waals surface area contributed by atoms with Gasteiger partial charge in [-0.3, -0.25) is 0 Å². The Bertz CT molecular complexity index is 532. The third-order valence-corrected chi connectivity index (χ3v) is 2.44. The number of halogens is 3. The lowest BCUT2D eigenvalue weighted by Crippen LogP contribution is -1.97. The molecule has 0 aliphatic carbocycles. The van der Waals surface area contributed by atoms with Gasteiger partial charge in [0.05, 0.1) is 0 Å². The lowest BCUT2D eigenvalue weighted by molar-refractivity contribution is 0.583. The first-order valence-corrected chi connectivity index (χ1v) is 5.05. The molecule has 88 valence electrons. The summed E-state index contributed by atoms with van der Waals surface area (Å²) < 4.78 is 39.7. The van der Waals surface area contributed by atoms with Crippen LogP contribution in [0.1, 0.15) is 5.56 Å². The zero-order valence-corrected chi connectivity index (χ0v) is 8.88. The molecule has 2 rings (SSSR count). The van der Waals surface area contributed by atoms with Gasteiger partial charge in [-0.1, -0.05) is 6.07 Å². The van der Waals surface area contributed by atoms with Gasteiger partial charge in [-0.15, -0.1) is 0 Å². The van der Waals surface area contributed by atoms with Gasteiger partial charge in [-0.25, -0.2) is 13.2 Å². The molecule has 0 fully saturated rings. The van der Waals surface area contributed by atoms with Crippen molar-refractivity contribution in [2.45, 2.75) is 6.54 Å². The fourth-order valence-electron chi connectivity index (χ4n) is 1.63. The highest BCUT2D eigenvalue weighted by atomic mass is 19.1. The Hall–Kier alpha value is -1.81. The van der Waals surface area contributed by atoms with E-state index in [9.17, 15) is 13.2 Å². The number of benzene rings is 2. The first-order valence-electron chi connectivity index (χ1n) is 5.05. The first-order chi connectivity index (χ1) is 8.10. The summed E-state index contributed by atoms with van der Waals surface area (Å²) in [4.78, 5) is 0. The smallest absolute Gasteiger partial charge is 0.131 e. The molecule has 0 amide bonds. The Labute approximate surface area is 96.7 Å². The molecule has 0 aromatic heterocycles. The van der Waals surface area contributed by atoms with Crippen LogP contribution in [0.25, 0.3) is 11.1 Å². The van der Waals surface area contributed by atoms with Crippen molar-refractivity contribution in [3.8, 4) is 11.1 Å². The van der Waals surface area contributed by atoms with Crippen LogP contribution in [-0.4, -0.2) is 0 Å². The van der Waals surface area contributed by atoms with E-state index in [0.717, 1.165) is 18.2 Å². The molecule has 0 aliphatic heterocycles. The molecule has 0 atom stereocenters. The summed E-state index contributed by atoms with van der Waals surface area (Å²) in [6.45, 7) is 0.241. The molecule has 0 bridgehead atoms. The number of hydrogen-bond donors (Lipinski definition) is 1. The summed E-state index contributed by atoms with van der Waals surface area (Å²) in [6.07, 6.45) is 0. The zero-order chi connectivity index (χ0) is 12.4. The minimum absolute atomic E-state index is 0.145. The molecule has 0 aliphatic rings. The van der Waals surface area contributed by atoms with Gasteiger partial charge < -0.3 is 5.73 Å². The molecule has 2 N–H and O–H groups in total. The van der Waals surface area contributed by atoms with E-state index in [-0.39, 0.29) is 17.7 Å². The van der Waals surface area contributed by atoms with Gasteiger partial charge in [0.1, 0.15) is 17.5 Å². The van der Waals surface area contributed by atoms with E-state index in [0.29, 0.717) is 5.56 Å². The molecule has 0 heterocycles. The molecule has 2 aromatic carbocycles. The highest BCUT2D eigenvalue weighted by Crippen LogP contribution is 2.25. The maximum absolute atomic E-state index is 13.6. The van der Waals surface area contributed by atoms with Crippen LogP contribution >= 0.6 is 0 Å². The summed E-state index contributed by atoms with van der Waals surface area (Å²) in [7, 11) is 0. The van der Waals surface area contributed by atoms with E-state index in [2.05, 4.69) is 0 Å². The van der Waals surface area contributed by atoms with E-state index in [4.69, 9.17) is 5.73 Å². The Kier molecular flexibility index (Phi) is 3.15. The van der Waals surface area contributed by atoms with Gasteiger partial charge in [0.25, 0.3) is 0 Å². The first kappa shape index (κ1) is 11.7. The van der Waals surface area contributed by atoms with Crippen molar-refractivity contribution >= 4 is 0 Å². The second-order valence-electron chi connectivity index (χ2n) is 3.68. The standard InChI is InChI=1S/C13H10F3N/c14-10-4-9(5-11(15)6-10)12-3-8(7-17)1-2-13(12)16/h1-6H,7,17H2. The lowest BCUT2D eigenvalue weighted by atomic mass is 10.0. The minimum atomic E-state index is -0.738. The van der Waals surface area contributed by atoms with Crippen LogP contribution in [0.3, 0.4) is 0 Å².